The number of nitrogens with zero attached hydrogens (tertiary/aromatic N) is 2. The van der Waals surface area contributed by atoms with E-state index in [-0.39, 0.29) is 0 Å². The predicted molar refractivity (Wildman–Crippen MR) is 93.0 cm³/mol. The standard InChI is InChI=1S/C16H20N2O6S/c1-8(18(16(22)23)9-5-3-2-4-6-9)14-17-11-13(21)12(20)10(7-19)24-15(11)25-14/h2-6,8,10-13,15,19-21H,7H2,1H3,(H,22,23)/t8?,10-,11-,12-,13-,15-/m1/s1. The number of benzene rings is 1. The Morgan fingerprint density at radius 3 is 2.60 bits per heavy atom. The molecule has 4 N–H and O–H groups in total. The quantitative estimate of drug-likeness (QED) is 0.611. The summed E-state index contributed by atoms with van der Waals surface area (Å²) in [5.74, 6) is 0. The van der Waals surface area contributed by atoms with Crippen LogP contribution in [-0.2, 0) is 4.74 Å². The van der Waals surface area contributed by atoms with Gasteiger partial charge in [-0.2, -0.15) is 0 Å². The number of aliphatic hydroxyl groups is 3. The second-order valence-electron chi connectivity index (χ2n) is 5.95. The summed E-state index contributed by atoms with van der Waals surface area (Å²) in [5.41, 5.74) is -0.0603. The molecule has 2 aliphatic heterocycles. The highest BCUT2D eigenvalue weighted by Gasteiger charge is 2.49. The lowest BCUT2D eigenvalue weighted by atomic mass is 9.99. The molecule has 8 nitrogen and oxygen atoms in total. The Bertz CT molecular complexity index is 657. The fourth-order valence-corrected chi connectivity index (χ4v) is 4.29. The number of fused-ring (bicyclic) bond motifs is 1. The van der Waals surface area contributed by atoms with Gasteiger partial charge in [-0.15, -0.1) is 0 Å². The summed E-state index contributed by atoms with van der Waals surface area (Å²) in [4.78, 5) is 17.3. The zero-order valence-electron chi connectivity index (χ0n) is 13.5. The molecule has 6 atom stereocenters. The van der Waals surface area contributed by atoms with Crippen LogP contribution in [0, 0.1) is 0 Å². The van der Waals surface area contributed by atoms with Gasteiger partial charge in [0.05, 0.1) is 17.7 Å². The van der Waals surface area contributed by atoms with E-state index in [0.717, 1.165) is 0 Å². The molecule has 1 amide bonds. The minimum absolute atomic E-state index is 0.418. The van der Waals surface area contributed by atoms with Gasteiger partial charge < -0.3 is 25.2 Å². The summed E-state index contributed by atoms with van der Waals surface area (Å²) < 4.78 is 5.59. The van der Waals surface area contributed by atoms with Crippen molar-refractivity contribution >= 4 is 28.6 Å². The summed E-state index contributed by atoms with van der Waals surface area (Å²) >= 11 is 1.21. The molecule has 1 aromatic rings. The summed E-state index contributed by atoms with van der Waals surface area (Å²) in [6, 6.07) is 7.38. The number of aliphatic imine (C=N–C) groups is 1. The molecule has 1 saturated heterocycles. The summed E-state index contributed by atoms with van der Waals surface area (Å²) in [6.45, 7) is 1.29. The van der Waals surface area contributed by atoms with Crippen molar-refractivity contribution in [3.8, 4) is 0 Å². The largest absolute Gasteiger partial charge is 0.465 e. The normalized spacial score (nSPS) is 32.6. The molecular weight excluding hydrogens is 348 g/mol. The Hall–Kier alpha value is -1.65. The molecule has 3 rings (SSSR count). The second kappa shape index (κ2) is 7.30. The number of carboxylic acid groups (broad SMARTS) is 1. The topological polar surface area (TPSA) is 123 Å². The van der Waals surface area contributed by atoms with Gasteiger partial charge in [-0.3, -0.25) is 9.89 Å². The number of amides is 1. The molecule has 25 heavy (non-hydrogen) atoms. The number of ether oxygens (including phenoxy) is 1. The van der Waals surface area contributed by atoms with Crippen LogP contribution in [0.3, 0.4) is 0 Å². The first-order valence-corrected chi connectivity index (χ1v) is 8.76. The van der Waals surface area contributed by atoms with E-state index in [0.29, 0.717) is 10.7 Å². The van der Waals surface area contributed by atoms with E-state index in [1.165, 1.54) is 16.7 Å². The molecule has 0 radical (unpaired) electrons. The monoisotopic (exact) mass is 368 g/mol. The predicted octanol–water partition coefficient (Wildman–Crippen LogP) is 0.512. The molecule has 9 heteroatoms. The smallest absolute Gasteiger partial charge is 0.412 e. The van der Waals surface area contributed by atoms with E-state index in [9.17, 15) is 25.2 Å². The van der Waals surface area contributed by atoms with E-state index < -0.39 is 48.5 Å². The lowest BCUT2D eigenvalue weighted by Gasteiger charge is -2.37. The first-order chi connectivity index (χ1) is 11.9. The van der Waals surface area contributed by atoms with Crippen LogP contribution in [-0.4, -0.2) is 74.0 Å². The molecule has 0 saturated carbocycles. The lowest BCUT2D eigenvalue weighted by molar-refractivity contribution is -0.164. The molecule has 2 aliphatic rings. The van der Waals surface area contributed by atoms with E-state index in [1.807, 2.05) is 0 Å². The van der Waals surface area contributed by atoms with Crippen LogP contribution in [0.4, 0.5) is 10.5 Å². The van der Waals surface area contributed by atoms with Crippen LogP contribution in [0.25, 0.3) is 0 Å². The number of aliphatic hydroxyl groups excluding tert-OH is 3. The van der Waals surface area contributed by atoms with Gasteiger partial charge in [0.1, 0.15) is 29.8 Å². The van der Waals surface area contributed by atoms with Crippen molar-refractivity contribution in [3.63, 3.8) is 0 Å². The van der Waals surface area contributed by atoms with Gasteiger partial charge in [0, 0.05) is 5.69 Å². The zero-order valence-corrected chi connectivity index (χ0v) is 14.3. The third kappa shape index (κ3) is 3.38. The van der Waals surface area contributed by atoms with E-state index in [4.69, 9.17) is 4.74 Å². The molecule has 0 aliphatic carbocycles. The van der Waals surface area contributed by atoms with Gasteiger partial charge in [0.2, 0.25) is 0 Å². The number of para-hydroxylation sites is 1. The minimum Gasteiger partial charge on any atom is -0.465 e. The van der Waals surface area contributed by atoms with E-state index in [2.05, 4.69) is 4.99 Å². The fraction of sp³-hybridized carbons (Fsp3) is 0.500. The average molecular weight is 368 g/mol. The molecule has 1 fully saturated rings. The number of hydrogen-bond acceptors (Lipinski definition) is 7. The van der Waals surface area contributed by atoms with Crippen molar-refractivity contribution < 1.29 is 30.0 Å². The summed E-state index contributed by atoms with van der Waals surface area (Å²) in [6.07, 6.45) is -4.43. The molecule has 2 heterocycles. The fourth-order valence-electron chi connectivity index (χ4n) is 3.00. The zero-order chi connectivity index (χ0) is 18.1. The molecule has 0 spiro atoms. The summed E-state index contributed by atoms with van der Waals surface area (Å²) in [5, 5.41) is 39.5. The van der Waals surface area contributed by atoms with Crippen molar-refractivity contribution in [2.45, 2.75) is 42.8 Å². The Morgan fingerprint density at radius 1 is 1.32 bits per heavy atom. The SMILES string of the molecule is CC(C1=N[C@@H]2[C@@H](O)[C@H](O)[C@@H](CO)O[C@@H]2S1)N(C(=O)O)c1ccccc1. The third-order valence-electron chi connectivity index (χ3n) is 4.35. The third-order valence-corrected chi connectivity index (χ3v) is 5.66. The van der Waals surface area contributed by atoms with Crippen LogP contribution in [0.15, 0.2) is 35.3 Å². The van der Waals surface area contributed by atoms with Crippen molar-refractivity contribution in [3.05, 3.63) is 30.3 Å². The highest BCUT2D eigenvalue weighted by molar-refractivity contribution is 8.14. The number of carbonyl (C=O) groups is 1. The number of anilines is 1. The molecule has 0 bridgehead atoms. The Morgan fingerprint density at radius 2 is 2.00 bits per heavy atom. The van der Waals surface area contributed by atoms with Gasteiger partial charge in [0.15, 0.2) is 0 Å². The number of thioether (sulfide) groups is 1. The number of rotatable bonds is 4. The maximum Gasteiger partial charge on any atom is 0.412 e. The molecule has 0 aromatic heterocycles. The van der Waals surface area contributed by atoms with Crippen molar-refractivity contribution in [2.24, 2.45) is 4.99 Å². The molecule has 136 valence electrons. The van der Waals surface area contributed by atoms with Crippen LogP contribution >= 0.6 is 11.8 Å². The van der Waals surface area contributed by atoms with Gasteiger partial charge in [-0.05, 0) is 19.1 Å². The highest BCUT2D eigenvalue weighted by Crippen LogP contribution is 2.38. The van der Waals surface area contributed by atoms with Crippen LogP contribution in [0.1, 0.15) is 6.92 Å². The second-order valence-corrected chi connectivity index (χ2v) is 7.07. The van der Waals surface area contributed by atoms with Crippen LogP contribution in [0.5, 0.6) is 0 Å². The van der Waals surface area contributed by atoms with Crippen molar-refractivity contribution in [1.82, 2.24) is 0 Å². The van der Waals surface area contributed by atoms with E-state index >= 15 is 0 Å². The van der Waals surface area contributed by atoms with Crippen molar-refractivity contribution in [1.29, 1.82) is 0 Å². The maximum absolute atomic E-state index is 11.7. The first kappa shape index (κ1) is 18.2. The Kier molecular flexibility index (Phi) is 5.30. The highest BCUT2D eigenvalue weighted by atomic mass is 32.2. The molecule has 1 unspecified atom stereocenters. The van der Waals surface area contributed by atoms with Gasteiger partial charge in [-0.25, -0.2) is 4.79 Å². The van der Waals surface area contributed by atoms with Crippen molar-refractivity contribution in [2.75, 3.05) is 11.5 Å². The van der Waals surface area contributed by atoms with Gasteiger partial charge in [-0.1, -0.05) is 30.0 Å². The Labute approximate surface area is 148 Å². The van der Waals surface area contributed by atoms with Gasteiger partial charge in [0.25, 0.3) is 0 Å². The minimum atomic E-state index is -1.24. The Balaban J connectivity index is 1.83. The van der Waals surface area contributed by atoms with E-state index in [1.54, 1.807) is 37.3 Å². The summed E-state index contributed by atoms with van der Waals surface area (Å²) in [7, 11) is 0. The molecule has 1 aromatic carbocycles. The van der Waals surface area contributed by atoms with Crippen LogP contribution in [0.2, 0.25) is 0 Å². The number of hydrogen-bond donors (Lipinski definition) is 4. The lowest BCUT2D eigenvalue weighted by Crippen LogP contribution is -2.55. The maximum atomic E-state index is 11.7. The first-order valence-electron chi connectivity index (χ1n) is 7.88. The average Bonchev–Trinajstić information content (AvgIpc) is 3.03. The van der Waals surface area contributed by atoms with Crippen LogP contribution < -0.4 is 4.90 Å². The molecular formula is C16H20N2O6S. The van der Waals surface area contributed by atoms with Gasteiger partial charge >= 0.3 is 6.09 Å².